The summed E-state index contributed by atoms with van der Waals surface area (Å²) >= 11 is 0. The minimum absolute atomic E-state index is 0.240. The number of rotatable bonds is 4. The van der Waals surface area contributed by atoms with Gasteiger partial charge in [-0.15, -0.1) is 0 Å². The van der Waals surface area contributed by atoms with Crippen molar-refractivity contribution in [2.75, 3.05) is 11.4 Å². The zero-order valence-electron chi connectivity index (χ0n) is 16.0. The predicted octanol–water partition coefficient (Wildman–Crippen LogP) is 1.87. The molecule has 2 atom stereocenters. The molecule has 1 saturated heterocycles. The number of aromatic nitrogens is 4. The molecule has 30 heavy (non-hydrogen) atoms. The fraction of sp³-hybridized carbons (Fsp3) is 0.250. The van der Waals surface area contributed by atoms with Gasteiger partial charge in [0.1, 0.15) is 23.0 Å². The predicted molar refractivity (Wildman–Crippen MR) is 107 cm³/mol. The molecule has 0 bridgehead atoms. The number of carbonyl (C=O) groups is 2. The number of H-pyrrole nitrogens is 1. The zero-order chi connectivity index (χ0) is 20.8. The Morgan fingerprint density at radius 1 is 1.30 bits per heavy atom. The van der Waals surface area contributed by atoms with Crippen LogP contribution in [0.2, 0.25) is 0 Å². The van der Waals surface area contributed by atoms with E-state index in [4.69, 9.17) is 4.42 Å². The van der Waals surface area contributed by atoms with E-state index in [1.165, 1.54) is 12.4 Å². The van der Waals surface area contributed by atoms with E-state index in [0.717, 1.165) is 5.39 Å². The van der Waals surface area contributed by atoms with Crippen LogP contribution in [0.5, 0.6) is 0 Å². The highest BCUT2D eigenvalue weighted by atomic mass is 16.4. The number of para-hydroxylation sites is 1. The maximum Gasteiger partial charge on any atom is 0.326 e. The number of nitrogens with zero attached hydrogens (tertiary/aromatic N) is 4. The van der Waals surface area contributed by atoms with Gasteiger partial charge in [-0.3, -0.25) is 9.89 Å². The maximum atomic E-state index is 12.4. The molecule has 0 unspecified atom stereocenters. The SMILES string of the molecule is Cc1nc(N2C[C@@H](NC(=O)c3cn[nH]c3)C[C@H]2C(=O)O)c2oc3ccccc3c2n1. The third-order valence-corrected chi connectivity index (χ3v) is 5.27. The van der Waals surface area contributed by atoms with Gasteiger partial charge in [0.15, 0.2) is 11.4 Å². The van der Waals surface area contributed by atoms with E-state index in [2.05, 4.69) is 25.5 Å². The van der Waals surface area contributed by atoms with E-state index in [9.17, 15) is 14.7 Å². The van der Waals surface area contributed by atoms with Crippen molar-refractivity contribution >= 4 is 39.8 Å². The van der Waals surface area contributed by atoms with Gasteiger partial charge in [0.2, 0.25) is 0 Å². The van der Waals surface area contributed by atoms with E-state index in [1.54, 1.807) is 11.8 Å². The molecule has 4 aromatic rings. The molecule has 1 amide bonds. The minimum atomic E-state index is -0.990. The second kappa shape index (κ2) is 6.83. The molecule has 3 aromatic heterocycles. The Labute approximate surface area is 169 Å². The molecular weight excluding hydrogens is 388 g/mol. The van der Waals surface area contributed by atoms with Gasteiger partial charge >= 0.3 is 5.97 Å². The third-order valence-electron chi connectivity index (χ3n) is 5.27. The first-order chi connectivity index (χ1) is 14.5. The number of carboxylic acid groups (broad SMARTS) is 1. The Hall–Kier alpha value is -3.95. The van der Waals surface area contributed by atoms with Crippen LogP contribution in [0, 0.1) is 6.92 Å². The quantitative estimate of drug-likeness (QED) is 0.467. The molecule has 1 aliphatic heterocycles. The molecule has 0 radical (unpaired) electrons. The van der Waals surface area contributed by atoms with Gasteiger partial charge in [0.05, 0.1) is 11.8 Å². The highest BCUT2D eigenvalue weighted by molar-refractivity contribution is 6.06. The number of hydrogen-bond acceptors (Lipinski definition) is 7. The van der Waals surface area contributed by atoms with Crippen LogP contribution in [0.3, 0.4) is 0 Å². The molecule has 4 heterocycles. The molecule has 0 spiro atoms. The fourth-order valence-corrected chi connectivity index (χ4v) is 3.93. The number of aliphatic carboxylic acids is 1. The van der Waals surface area contributed by atoms with Gasteiger partial charge in [-0.1, -0.05) is 12.1 Å². The number of nitrogens with one attached hydrogen (secondary N) is 2. The van der Waals surface area contributed by atoms with Crippen molar-refractivity contribution < 1.29 is 19.1 Å². The minimum Gasteiger partial charge on any atom is -0.480 e. The van der Waals surface area contributed by atoms with Gasteiger partial charge in [-0.05, 0) is 19.1 Å². The number of anilines is 1. The first-order valence-corrected chi connectivity index (χ1v) is 9.46. The molecule has 5 rings (SSSR count). The summed E-state index contributed by atoms with van der Waals surface area (Å²) in [6, 6.07) is 6.27. The average molecular weight is 406 g/mol. The summed E-state index contributed by atoms with van der Waals surface area (Å²) in [4.78, 5) is 35.1. The maximum absolute atomic E-state index is 12.4. The van der Waals surface area contributed by atoms with Crippen LogP contribution in [0.4, 0.5) is 5.82 Å². The van der Waals surface area contributed by atoms with Crippen molar-refractivity contribution in [3.05, 3.63) is 48.0 Å². The number of amides is 1. The standard InChI is InChI=1S/C20H18N6O4/c1-10-23-16-13-4-2-3-5-15(13)30-17(16)18(24-10)26-9-12(6-14(26)20(28)29)25-19(27)11-7-21-22-8-11/h2-5,7-8,12,14H,6,9H2,1H3,(H,21,22)(H,25,27)(H,28,29)/t12-,14-/m0/s1. The van der Waals surface area contributed by atoms with Crippen LogP contribution >= 0.6 is 0 Å². The van der Waals surface area contributed by atoms with Crippen molar-refractivity contribution in [1.29, 1.82) is 0 Å². The number of fused-ring (bicyclic) bond motifs is 3. The lowest BCUT2D eigenvalue weighted by Gasteiger charge is -2.22. The molecule has 3 N–H and O–H groups in total. The van der Waals surface area contributed by atoms with Crippen molar-refractivity contribution in [2.45, 2.75) is 25.4 Å². The molecule has 0 aliphatic carbocycles. The first kappa shape index (κ1) is 18.1. The summed E-state index contributed by atoms with van der Waals surface area (Å²) in [7, 11) is 0. The van der Waals surface area contributed by atoms with Crippen LogP contribution in [0.25, 0.3) is 22.1 Å². The lowest BCUT2D eigenvalue weighted by atomic mass is 10.1. The number of benzene rings is 1. The summed E-state index contributed by atoms with van der Waals surface area (Å²) in [5.74, 6) is -0.372. The smallest absolute Gasteiger partial charge is 0.326 e. The lowest BCUT2D eigenvalue weighted by molar-refractivity contribution is -0.138. The Morgan fingerprint density at radius 3 is 2.90 bits per heavy atom. The number of carboxylic acids is 1. The van der Waals surface area contributed by atoms with Crippen LogP contribution in [0.15, 0.2) is 41.1 Å². The third kappa shape index (κ3) is 2.93. The number of hydrogen-bond donors (Lipinski definition) is 3. The second-order valence-electron chi connectivity index (χ2n) is 7.27. The summed E-state index contributed by atoms with van der Waals surface area (Å²) < 4.78 is 5.99. The Balaban J connectivity index is 1.54. The van der Waals surface area contributed by atoms with Crippen molar-refractivity contribution in [2.24, 2.45) is 0 Å². The second-order valence-corrected chi connectivity index (χ2v) is 7.27. The van der Waals surface area contributed by atoms with Crippen LogP contribution in [0.1, 0.15) is 22.6 Å². The van der Waals surface area contributed by atoms with Gasteiger partial charge in [-0.2, -0.15) is 5.10 Å². The molecule has 152 valence electrons. The molecule has 0 saturated carbocycles. The molecule has 1 aromatic carbocycles. The molecular formula is C20H18N6O4. The average Bonchev–Trinajstić information content (AvgIpc) is 3.46. The highest BCUT2D eigenvalue weighted by Crippen LogP contribution is 2.35. The number of aromatic amines is 1. The lowest BCUT2D eigenvalue weighted by Crippen LogP contribution is -2.38. The Bertz CT molecular complexity index is 1270. The van der Waals surface area contributed by atoms with Crippen molar-refractivity contribution in [3.63, 3.8) is 0 Å². The van der Waals surface area contributed by atoms with E-state index < -0.39 is 12.0 Å². The van der Waals surface area contributed by atoms with Crippen molar-refractivity contribution in [1.82, 2.24) is 25.5 Å². The zero-order valence-corrected chi connectivity index (χ0v) is 16.0. The van der Waals surface area contributed by atoms with Gasteiger partial charge in [0.25, 0.3) is 5.91 Å². The molecule has 1 fully saturated rings. The first-order valence-electron chi connectivity index (χ1n) is 9.46. The van der Waals surface area contributed by atoms with Crippen LogP contribution in [-0.4, -0.2) is 55.8 Å². The highest BCUT2D eigenvalue weighted by Gasteiger charge is 2.40. The normalized spacial score (nSPS) is 18.9. The summed E-state index contributed by atoms with van der Waals surface area (Å²) in [6.07, 6.45) is 3.15. The number of furan rings is 1. The molecule has 1 aliphatic rings. The monoisotopic (exact) mass is 406 g/mol. The summed E-state index contributed by atoms with van der Waals surface area (Å²) in [5, 5.41) is 19.9. The number of carbonyl (C=O) groups excluding carboxylic acids is 1. The van der Waals surface area contributed by atoms with Crippen LogP contribution < -0.4 is 10.2 Å². The summed E-state index contributed by atoms with van der Waals surface area (Å²) in [5.41, 5.74) is 2.13. The van der Waals surface area contributed by atoms with E-state index in [1.807, 2.05) is 24.3 Å². The largest absolute Gasteiger partial charge is 0.480 e. The topological polar surface area (TPSA) is 137 Å². The molecule has 10 heteroatoms. The Morgan fingerprint density at radius 2 is 2.13 bits per heavy atom. The van der Waals surface area contributed by atoms with Gasteiger partial charge in [0, 0.05) is 30.6 Å². The van der Waals surface area contributed by atoms with Gasteiger partial charge in [-0.25, -0.2) is 14.8 Å². The fourth-order valence-electron chi connectivity index (χ4n) is 3.93. The molecule has 10 nitrogen and oxygen atoms in total. The summed E-state index contributed by atoms with van der Waals surface area (Å²) in [6.45, 7) is 2.04. The van der Waals surface area contributed by atoms with Crippen LogP contribution in [-0.2, 0) is 4.79 Å². The van der Waals surface area contributed by atoms with Crippen molar-refractivity contribution in [3.8, 4) is 0 Å². The Kier molecular flexibility index (Phi) is 4.12. The number of aryl methyl sites for hydroxylation is 1. The van der Waals surface area contributed by atoms with E-state index in [0.29, 0.717) is 33.9 Å². The van der Waals surface area contributed by atoms with Gasteiger partial charge < -0.3 is 19.7 Å². The van der Waals surface area contributed by atoms with E-state index in [-0.39, 0.29) is 24.9 Å². The van der Waals surface area contributed by atoms with E-state index >= 15 is 0 Å².